The van der Waals surface area contributed by atoms with E-state index >= 15 is 0 Å². The van der Waals surface area contributed by atoms with Gasteiger partial charge in [-0.25, -0.2) is 9.48 Å². The van der Waals surface area contributed by atoms with Gasteiger partial charge in [-0.15, -0.1) is 0 Å². The van der Waals surface area contributed by atoms with E-state index in [9.17, 15) is 0 Å². The van der Waals surface area contributed by atoms with E-state index in [2.05, 4.69) is 94.6 Å². The summed E-state index contributed by atoms with van der Waals surface area (Å²) in [5.41, 5.74) is 9.82. The summed E-state index contributed by atoms with van der Waals surface area (Å²) in [7, 11) is 0. The number of para-hydroxylation sites is 1. The first-order chi connectivity index (χ1) is 13.3. The van der Waals surface area contributed by atoms with Crippen molar-refractivity contribution in [1.29, 1.82) is 0 Å². The second-order valence-electron chi connectivity index (χ2n) is 9.05. The first-order valence-corrected chi connectivity index (χ1v) is 10.9. The summed E-state index contributed by atoms with van der Waals surface area (Å²) in [6.45, 7) is 18.1. The highest BCUT2D eigenvalue weighted by atomic mass is 127. The van der Waals surface area contributed by atoms with Crippen LogP contribution in [0.3, 0.4) is 0 Å². The lowest BCUT2D eigenvalue weighted by molar-refractivity contribution is -0.437. The van der Waals surface area contributed by atoms with Gasteiger partial charge in [-0.2, -0.15) is 0 Å². The Bertz CT molecular complexity index is 831. The maximum absolute atomic E-state index is 2.54. The van der Waals surface area contributed by atoms with Crippen LogP contribution in [-0.2, 0) is 0 Å². The predicted octanol–water partition coefficient (Wildman–Crippen LogP) is 3.84. The van der Waals surface area contributed by atoms with Gasteiger partial charge in [0.25, 0.3) is 0 Å². The number of aryl methyl sites for hydroxylation is 3. The molecular formula is C26H37IN2. The van der Waals surface area contributed by atoms with E-state index in [1.165, 1.54) is 52.0 Å². The van der Waals surface area contributed by atoms with Crippen LogP contribution in [0.15, 0.2) is 30.3 Å². The van der Waals surface area contributed by atoms with Crippen LogP contribution in [0.1, 0.15) is 80.2 Å². The Hall–Kier alpha value is -1.36. The van der Waals surface area contributed by atoms with Gasteiger partial charge in [0.1, 0.15) is 11.4 Å². The predicted molar refractivity (Wildman–Crippen MR) is 123 cm³/mol. The SMILES string of the molecule is Cc1cc(C)c([N+]2=CN(c3c(C(C)C)cccc3C(C)C)CCCC2)c(C)c1.[I-]. The molecule has 0 unspecified atom stereocenters. The first-order valence-electron chi connectivity index (χ1n) is 10.9. The molecule has 0 aromatic heterocycles. The van der Waals surface area contributed by atoms with Crippen LogP contribution in [0.4, 0.5) is 11.4 Å². The van der Waals surface area contributed by atoms with Gasteiger partial charge in [0.05, 0.1) is 13.1 Å². The van der Waals surface area contributed by atoms with Crippen molar-refractivity contribution < 1.29 is 28.6 Å². The molecule has 0 amide bonds. The van der Waals surface area contributed by atoms with Gasteiger partial charge < -0.3 is 24.0 Å². The number of anilines is 1. The smallest absolute Gasteiger partial charge is 0.244 e. The Morgan fingerprint density at radius 1 is 0.862 bits per heavy atom. The Labute approximate surface area is 195 Å². The number of halogens is 1. The number of hydrogen-bond donors (Lipinski definition) is 0. The van der Waals surface area contributed by atoms with Gasteiger partial charge >= 0.3 is 0 Å². The van der Waals surface area contributed by atoms with E-state index in [1.54, 1.807) is 0 Å². The summed E-state index contributed by atoms with van der Waals surface area (Å²) < 4.78 is 2.50. The standard InChI is InChI=1S/C26H37N2.HI/c1-18(2)23-11-10-12-24(19(3)4)26(23)28-14-9-8-13-27(17-28)25-21(6)15-20(5)16-22(25)7;/h10-12,15-19H,8-9,13-14H2,1-7H3;1H/q+1;/p-1. The third-order valence-corrected chi connectivity index (χ3v) is 5.88. The van der Waals surface area contributed by atoms with E-state index in [1.807, 2.05) is 0 Å². The highest BCUT2D eigenvalue weighted by Gasteiger charge is 2.26. The number of benzene rings is 2. The molecule has 0 fully saturated rings. The molecule has 2 aromatic rings. The summed E-state index contributed by atoms with van der Waals surface area (Å²) in [5.74, 6) is 1.03. The number of hydrogen-bond acceptors (Lipinski definition) is 1. The monoisotopic (exact) mass is 504 g/mol. The maximum Gasteiger partial charge on any atom is 0.244 e. The minimum Gasteiger partial charge on any atom is -1.00 e. The molecule has 1 aliphatic heterocycles. The number of nitrogens with zero attached hydrogens (tertiary/aromatic N) is 2. The Morgan fingerprint density at radius 3 is 1.93 bits per heavy atom. The van der Waals surface area contributed by atoms with Crippen molar-refractivity contribution in [1.82, 2.24) is 0 Å². The van der Waals surface area contributed by atoms with E-state index < -0.39 is 0 Å². The molecular weight excluding hydrogens is 467 g/mol. The van der Waals surface area contributed by atoms with Crippen LogP contribution < -0.4 is 28.9 Å². The molecule has 0 radical (unpaired) electrons. The molecule has 2 nitrogen and oxygen atoms in total. The van der Waals surface area contributed by atoms with Gasteiger partial charge in [-0.3, -0.25) is 0 Å². The molecule has 29 heavy (non-hydrogen) atoms. The zero-order chi connectivity index (χ0) is 20.4. The van der Waals surface area contributed by atoms with Crippen molar-refractivity contribution in [2.24, 2.45) is 0 Å². The molecule has 1 heterocycles. The second kappa shape index (κ2) is 10.1. The van der Waals surface area contributed by atoms with Gasteiger partial charge in [-0.1, -0.05) is 63.6 Å². The van der Waals surface area contributed by atoms with E-state index in [0.29, 0.717) is 11.8 Å². The highest BCUT2D eigenvalue weighted by Crippen LogP contribution is 2.36. The lowest BCUT2D eigenvalue weighted by Gasteiger charge is -2.23. The lowest BCUT2D eigenvalue weighted by Crippen LogP contribution is -3.00. The fraction of sp³-hybridized carbons (Fsp3) is 0.500. The molecule has 0 atom stereocenters. The third kappa shape index (κ3) is 5.22. The van der Waals surface area contributed by atoms with Crippen molar-refractivity contribution in [2.45, 2.75) is 73.1 Å². The molecule has 158 valence electrons. The molecule has 2 aromatic carbocycles. The minimum atomic E-state index is 0. The van der Waals surface area contributed by atoms with Gasteiger partial charge in [0, 0.05) is 11.1 Å². The topological polar surface area (TPSA) is 6.25 Å². The Balaban J connectivity index is 0.00000300. The van der Waals surface area contributed by atoms with E-state index in [0.717, 1.165) is 13.1 Å². The van der Waals surface area contributed by atoms with Crippen LogP contribution in [0.2, 0.25) is 0 Å². The summed E-state index contributed by atoms with van der Waals surface area (Å²) in [5, 5.41) is 0. The Morgan fingerprint density at radius 2 is 1.41 bits per heavy atom. The van der Waals surface area contributed by atoms with E-state index in [-0.39, 0.29) is 24.0 Å². The average molecular weight is 505 g/mol. The molecule has 0 spiro atoms. The highest BCUT2D eigenvalue weighted by molar-refractivity contribution is 5.81. The Kier molecular flexibility index (Phi) is 8.33. The summed E-state index contributed by atoms with van der Waals surface area (Å²) in [4.78, 5) is 2.54. The van der Waals surface area contributed by atoms with Crippen LogP contribution in [0, 0.1) is 20.8 Å². The fourth-order valence-corrected chi connectivity index (χ4v) is 4.66. The molecule has 1 aliphatic rings. The second-order valence-corrected chi connectivity index (χ2v) is 9.05. The molecule has 0 aliphatic carbocycles. The average Bonchev–Trinajstić information content (AvgIpc) is 2.86. The molecule has 0 bridgehead atoms. The zero-order valence-electron chi connectivity index (χ0n) is 19.2. The molecule has 3 rings (SSSR count). The molecule has 0 saturated carbocycles. The molecule has 3 heteroatoms. The van der Waals surface area contributed by atoms with Crippen LogP contribution in [0.5, 0.6) is 0 Å². The lowest BCUT2D eigenvalue weighted by atomic mass is 9.92. The van der Waals surface area contributed by atoms with Crippen molar-refractivity contribution in [3.05, 3.63) is 58.1 Å². The molecule has 0 saturated heterocycles. The van der Waals surface area contributed by atoms with Crippen molar-refractivity contribution in [2.75, 3.05) is 18.0 Å². The maximum atomic E-state index is 2.54. The summed E-state index contributed by atoms with van der Waals surface area (Å²) in [6.07, 6.45) is 4.84. The van der Waals surface area contributed by atoms with Crippen LogP contribution in [-0.4, -0.2) is 24.0 Å². The van der Waals surface area contributed by atoms with Crippen LogP contribution >= 0.6 is 0 Å². The zero-order valence-corrected chi connectivity index (χ0v) is 21.4. The normalized spacial score (nSPS) is 14.7. The number of rotatable bonds is 4. The third-order valence-electron chi connectivity index (χ3n) is 5.88. The van der Waals surface area contributed by atoms with Crippen LogP contribution in [0.25, 0.3) is 0 Å². The van der Waals surface area contributed by atoms with Crippen molar-refractivity contribution in [3.8, 4) is 0 Å². The first kappa shape index (κ1) is 23.9. The largest absolute Gasteiger partial charge is 1.00 e. The fourth-order valence-electron chi connectivity index (χ4n) is 4.66. The van der Waals surface area contributed by atoms with Gasteiger partial charge in [0.2, 0.25) is 6.34 Å². The van der Waals surface area contributed by atoms with E-state index in [4.69, 9.17) is 0 Å². The quantitative estimate of drug-likeness (QED) is 0.453. The van der Waals surface area contributed by atoms with Gasteiger partial charge in [0.15, 0.2) is 0 Å². The van der Waals surface area contributed by atoms with Crippen molar-refractivity contribution in [3.63, 3.8) is 0 Å². The minimum absolute atomic E-state index is 0. The molecule has 0 N–H and O–H groups in total. The van der Waals surface area contributed by atoms with Crippen molar-refractivity contribution >= 4 is 17.7 Å². The van der Waals surface area contributed by atoms with Gasteiger partial charge in [-0.05, 0) is 56.6 Å². The summed E-state index contributed by atoms with van der Waals surface area (Å²) in [6, 6.07) is 11.5. The summed E-state index contributed by atoms with van der Waals surface area (Å²) >= 11 is 0.